The van der Waals surface area contributed by atoms with Crippen molar-refractivity contribution < 1.29 is 0 Å². The SMILES string of the molecule is C#C/C=C(\C)C(=C)NCC/C(=C/C)c1cc(C)ccc1C. The van der Waals surface area contributed by atoms with E-state index in [1.807, 2.05) is 6.92 Å². The molecule has 0 bridgehead atoms. The molecule has 1 aromatic carbocycles. The van der Waals surface area contributed by atoms with Crippen LogP contribution in [-0.4, -0.2) is 6.54 Å². The Labute approximate surface area is 129 Å². The molecule has 0 radical (unpaired) electrons. The molecule has 0 aromatic heterocycles. The number of nitrogens with one attached hydrogen (secondary N) is 1. The molecule has 1 nitrogen and oxygen atoms in total. The molecule has 1 rings (SSSR count). The van der Waals surface area contributed by atoms with Gasteiger partial charge in [-0.05, 0) is 62.5 Å². The molecule has 1 heteroatoms. The average molecular weight is 279 g/mol. The first-order chi connectivity index (χ1) is 9.99. The summed E-state index contributed by atoms with van der Waals surface area (Å²) in [5.74, 6) is 2.52. The summed E-state index contributed by atoms with van der Waals surface area (Å²) < 4.78 is 0. The van der Waals surface area contributed by atoms with Crippen LogP contribution in [-0.2, 0) is 0 Å². The summed E-state index contributed by atoms with van der Waals surface area (Å²) in [6.07, 6.45) is 10.2. The van der Waals surface area contributed by atoms with Crippen molar-refractivity contribution in [1.29, 1.82) is 0 Å². The summed E-state index contributed by atoms with van der Waals surface area (Å²) in [4.78, 5) is 0. The van der Waals surface area contributed by atoms with E-state index in [-0.39, 0.29) is 0 Å². The van der Waals surface area contributed by atoms with Crippen LogP contribution < -0.4 is 5.32 Å². The molecule has 0 aliphatic carbocycles. The second kappa shape index (κ2) is 8.17. The van der Waals surface area contributed by atoms with Gasteiger partial charge in [0.1, 0.15) is 0 Å². The van der Waals surface area contributed by atoms with E-state index in [2.05, 4.69) is 62.9 Å². The highest BCUT2D eigenvalue weighted by molar-refractivity contribution is 5.68. The molecule has 1 aromatic rings. The third kappa shape index (κ3) is 5.00. The van der Waals surface area contributed by atoms with E-state index in [0.29, 0.717) is 0 Å². The van der Waals surface area contributed by atoms with Crippen molar-refractivity contribution in [2.75, 3.05) is 6.54 Å². The summed E-state index contributed by atoms with van der Waals surface area (Å²) in [6, 6.07) is 6.59. The number of allylic oxidation sites excluding steroid dienone is 3. The van der Waals surface area contributed by atoms with Crippen LogP contribution in [0.4, 0.5) is 0 Å². The molecule has 0 amide bonds. The largest absolute Gasteiger partial charge is 0.385 e. The van der Waals surface area contributed by atoms with Gasteiger partial charge in [0.15, 0.2) is 0 Å². The van der Waals surface area contributed by atoms with Gasteiger partial charge in [0.05, 0.1) is 0 Å². The molecule has 110 valence electrons. The second-order valence-corrected chi connectivity index (χ2v) is 5.28. The van der Waals surface area contributed by atoms with Crippen LogP contribution in [0.5, 0.6) is 0 Å². The number of aryl methyl sites for hydroxylation is 2. The summed E-state index contributed by atoms with van der Waals surface area (Å²) in [5.41, 5.74) is 7.20. The van der Waals surface area contributed by atoms with E-state index in [4.69, 9.17) is 6.42 Å². The van der Waals surface area contributed by atoms with Gasteiger partial charge in [-0.15, -0.1) is 6.42 Å². The minimum Gasteiger partial charge on any atom is -0.385 e. The molecule has 0 saturated heterocycles. The maximum Gasteiger partial charge on any atom is 0.0303 e. The van der Waals surface area contributed by atoms with E-state index in [0.717, 1.165) is 24.2 Å². The quantitative estimate of drug-likeness (QED) is 0.583. The van der Waals surface area contributed by atoms with E-state index in [9.17, 15) is 0 Å². The second-order valence-electron chi connectivity index (χ2n) is 5.28. The Hall–Kier alpha value is -2.20. The Morgan fingerprint density at radius 2 is 2.10 bits per heavy atom. The highest BCUT2D eigenvalue weighted by atomic mass is 14.9. The van der Waals surface area contributed by atoms with E-state index in [1.165, 1.54) is 22.3 Å². The molecule has 0 fully saturated rings. The molecule has 0 saturated carbocycles. The molecule has 0 aliphatic heterocycles. The normalized spacial score (nSPS) is 12.0. The third-order valence-corrected chi connectivity index (χ3v) is 3.60. The summed E-state index contributed by atoms with van der Waals surface area (Å²) in [7, 11) is 0. The van der Waals surface area contributed by atoms with Crippen molar-refractivity contribution in [3.63, 3.8) is 0 Å². The zero-order chi connectivity index (χ0) is 15.8. The zero-order valence-corrected chi connectivity index (χ0v) is 13.6. The van der Waals surface area contributed by atoms with Gasteiger partial charge < -0.3 is 5.32 Å². The van der Waals surface area contributed by atoms with Crippen molar-refractivity contribution in [3.8, 4) is 12.3 Å². The van der Waals surface area contributed by atoms with E-state index in [1.54, 1.807) is 6.08 Å². The lowest BCUT2D eigenvalue weighted by atomic mass is 9.96. The molecular weight excluding hydrogens is 254 g/mol. The standard InChI is InChI=1S/C20H25N/c1-7-9-16(4)18(6)21-13-12-19(8-2)20-14-15(3)10-11-17(20)5/h1,8-11,14,21H,6,12-13H2,2-5H3/b16-9+,19-8-. The third-order valence-electron chi connectivity index (χ3n) is 3.60. The molecule has 1 N–H and O–H groups in total. The smallest absolute Gasteiger partial charge is 0.0303 e. The predicted molar refractivity (Wildman–Crippen MR) is 93.9 cm³/mol. The number of terminal acetylenes is 1. The van der Waals surface area contributed by atoms with Crippen molar-refractivity contribution in [3.05, 3.63) is 64.9 Å². The molecule has 0 heterocycles. The molecule has 21 heavy (non-hydrogen) atoms. The average Bonchev–Trinajstić information content (AvgIpc) is 2.46. The molecule has 0 spiro atoms. The Balaban J connectivity index is 2.69. The first-order valence-corrected chi connectivity index (χ1v) is 7.28. The number of hydrogen-bond acceptors (Lipinski definition) is 1. The van der Waals surface area contributed by atoms with Crippen molar-refractivity contribution >= 4 is 5.57 Å². The summed E-state index contributed by atoms with van der Waals surface area (Å²) >= 11 is 0. The maximum atomic E-state index is 5.27. The highest BCUT2D eigenvalue weighted by Gasteiger charge is 2.05. The fraction of sp³-hybridized carbons (Fsp3) is 0.300. The van der Waals surface area contributed by atoms with Crippen LogP contribution in [0.1, 0.15) is 37.0 Å². The van der Waals surface area contributed by atoms with Crippen LogP contribution in [0.25, 0.3) is 5.57 Å². The molecule has 0 unspecified atom stereocenters. The number of rotatable bonds is 6. The minimum atomic E-state index is 0.849. The first-order valence-electron chi connectivity index (χ1n) is 7.28. The van der Waals surface area contributed by atoms with Crippen LogP contribution >= 0.6 is 0 Å². The van der Waals surface area contributed by atoms with Gasteiger partial charge in [-0.1, -0.05) is 42.3 Å². The van der Waals surface area contributed by atoms with Crippen LogP contribution in [0.2, 0.25) is 0 Å². The van der Waals surface area contributed by atoms with Crippen LogP contribution in [0.15, 0.2) is 48.2 Å². The Morgan fingerprint density at radius 3 is 2.71 bits per heavy atom. The van der Waals surface area contributed by atoms with Crippen molar-refractivity contribution in [1.82, 2.24) is 5.32 Å². The summed E-state index contributed by atoms with van der Waals surface area (Å²) in [6.45, 7) is 13.2. The number of hydrogen-bond donors (Lipinski definition) is 1. The van der Waals surface area contributed by atoms with E-state index < -0.39 is 0 Å². The van der Waals surface area contributed by atoms with Gasteiger partial charge in [-0.25, -0.2) is 0 Å². The molecule has 0 atom stereocenters. The van der Waals surface area contributed by atoms with E-state index >= 15 is 0 Å². The van der Waals surface area contributed by atoms with Crippen LogP contribution in [0.3, 0.4) is 0 Å². The topological polar surface area (TPSA) is 12.0 Å². The monoisotopic (exact) mass is 279 g/mol. The Kier molecular flexibility index (Phi) is 6.56. The highest BCUT2D eigenvalue weighted by Crippen LogP contribution is 2.23. The van der Waals surface area contributed by atoms with Gasteiger partial charge in [0, 0.05) is 12.2 Å². The van der Waals surface area contributed by atoms with Gasteiger partial charge >= 0.3 is 0 Å². The lowest BCUT2D eigenvalue weighted by molar-refractivity contribution is 0.819. The fourth-order valence-corrected chi connectivity index (χ4v) is 2.22. The Morgan fingerprint density at radius 1 is 1.38 bits per heavy atom. The van der Waals surface area contributed by atoms with Crippen molar-refractivity contribution in [2.24, 2.45) is 0 Å². The zero-order valence-electron chi connectivity index (χ0n) is 13.6. The lowest BCUT2D eigenvalue weighted by Crippen LogP contribution is -2.15. The molecular formula is C20H25N. The Bertz CT molecular complexity index is 609. The van der Waals surface area contributed by atoms with Gasteiger partial charge in [-0.2, -0.15) is 0 Å². The van der Waals surface area contributed by atoms with Crippen LogP contribution in [0, 0.1) is 26.2 Å². The fourth-order valence-electron chi connectivity index (χ4n) is 2.22. The summed E-state index contributed by atoms with van der Waals surface area (Å²) in [5, 5.41) is 3.34. The van der Waals surface area contributed by atoms with Gasteiger partial charge in [0.25, 0.3) is 0 Å². The predicted octanol–water partition coefficient (Wildman–Crippen LogP) is 4.78. The minimum absolute atomic E-state index is 0.849. The van der Waals surface area contributed by atoms with Crippen molar-refractivity contribution in [2.45, 2.75) is 34.1 Å². The number of benzene rings is 1. The lowest BCUT2D eigenvalue weighted by Gasteiger charge is -2.14. The first kappa shape index (κ1) is 16.9. The van der Waals surface area contributed by atoms with Gasteiger partial charge in [0.2, 0.25) is 0 Å². The van der Waals surface area contributed by atoms with Gasteiger partial charge in [-0.3, -0.25) is 0 Å². The molecule has 0 aliphatic rings. The maximum absolute atomic E-state index is 5.27.